The number of hydrogen-bond donors (Lipinski definition) is 0. The molecule has 0 aromatic heterocycles. The van der Waals surface area contributed by atoms with E-state index < -0.39 is 0 Å². The molecule has 7 atom stereocenters. The van der Waals surface area contributed by atoms with Crippen LogP contribution in [-0.2, 0) is 4.79 Å². The normalized spacial score (nSPS) is 37.3. The smallest absolute Gasteiger partial charge is 0.226 e. The van der Waals surface area contributed by atoms with E-state index in [0.717, 1.165) is 61.4 Å². The van der Waals surface area contributed by atoms with Crippen LogP contribution in [-0.4, -0.2) is 47.8 Å². The van der Waals surface area contributed by atoms with Crippen molar-refractivity contribution in [1.29, 1.82) is 0 Å². The number of nitrogens with zero attached hydrogens (tertiary/aromatic N) is 2. The summed E-state index contributed by atoms with van der Waals surface area (Å²) in [6.07, 6.45) is 15.4. The summed E-state index contributed by atoms with van der Waals surface area (Å²) in [7, 11) is 4.22. The summed E-state index contributed by atoms with van der Waals surface area (Å²) in [5.74, 6) is 5.46. The van der Waals surface area contributed by atoms with Crippen molar-refractivity contribution in [3.05, 3.63) is 11.8 Å². The number of alkyl halides is 1. The second-order valence-corrected chi connectivity index (χ2v) is 13.5. The summed E-state index contributed by atoms with van der Waals surface area (Å²) in [5.41, 5.74) is 2.13. The topological polar surface area (TPSA) is 23.6 Å². The summed E-state index contributed by atoms with van der Waals surface area (Å²) < 4.78 is 0. The van der Waals surface area contributed by atoms with Crippen LogP contribution in [0.5, 0.6) is 0 Å². The first-order chi connectivity index (χ1) is 16.6. The highest BCUT2D eigenvalue weighted by Crippen LogP contribution is 2.67. The van der Waals surface area contributed by atoms with Gasteiger partial charge in [0.1, 0.15) is 0 Å². The van der Waals surface area contributed by atoms with Gasteiger partial charge in [-0.15, -0.1) is 0 Å². The minimum atomic E-state index is 0.200. The van der Waals surface area contributed by atoms with Gasteiger partial charge < -0.3 is 9.80 Å². The Morgan fingerprint density at radius 3 is 2.43 bits per heavy atom. The van der Waals surface area contributed by atoms with Gasteiger partial charge in [-0.3, -0.25) is 4.79 Å². The molecule has 1 heterocycles. The summed E-state index contributed by atoms with van der Waals surface area (Å²) in [5, 5.41) is 0. The van der Waals surface area contributed by atoms with Gasteiger partial charge >= 0.3 is 0 Å². The molecule has 3 aliphatic carbocycles. The van der Waals surface area contributed by atoms with Gasteiger partial charge in [-0.05, 0) is 98.5 Å². The van der Waals surface area contributed by atoms with Gasteiger partial charge in [0.15, 0.2) is 0 Å². The minimum absolute atomic E-state index is 0.200. The van der Waals surface area contributed by atoms with Crippen LogP contribution in [0.1, 0.15) is 98.8 Å². The molecule has 3 fully saturated rings. The molecule has 35 heavy (non-hydrogen) atoms. The van der Waals surface area contributed by atoms with E-state index in [9.17, 15) is 4.79 Å². The van der Waals surface area contributed by atoms with Gasteiger partial charge in [-0.2, -0.15) is 0 Å². The van der Waals surface area contributed by atoms with Crippen LogP contribution >= 0.6 is 22.6 Å². The van der Waals surface area contributed by atoms with E-state index in [-0.39, 0.29) is 5.41 Å². The lowest BCUT2D eigenvalue weighted by Crippen LogP contribution is -2.55. The van der Waals surface area contributed by atoms with Crippen molar-refractivity contribution in [3.8, 4) is 0 Å². The number of carbonyl (C=O) groups is 1. The molecule has 0 bridgehead atoms. The van der Waals surface area contributed by atoms with E-state index in [4.69, 9.17) is 0 Å². The largest absolute Gasteiger partial charge is 0.315 e. The molecule has 1 saturated heterocycles. The molecule has 4 rings (SSSR count). The van der Waals surface area contributed by atoms with Crippen molar-refractivity contribution in [2.75, 3.05) is 32.1 Å². The van der Waals surface area contributed by atoms with E-state index in [1.165, 1.54) is 57.1 Å². The first kappa shape index (κ1) is 29.5. The molecule has 0 aromatic rings. The predicted octanol–water partition coefficient (Wildman–Crippen LogP) is 8.04. The average molecular weight is 599 g/mol. The second-order valence-electron chi connectivity index (χ2n) is 13.5. The third kappa shape index (κ3) is 5.83. The summed E-state index contributed by atoms with van der Waals surface area (Å²) in [6, 6.07) is 0. The number of likely N-dealkylation sites (N-methyl/N-ethyl adjacent to an activating group) is 1. The zero-order valence-electron chi connectivity index (χ0n) is 24.2. The zero-order chi connectivity index (χ0) is 26.0. The monoisotopic (exact) mass is 598 g/mol. The lowest BCUT2D eigenvalue weighted by atomic mass is 9.48. The third-order valence-corrected chi connectivity index (χ3v) is 10.8. The Balaban J connectivity index is 0.00000167. The number of hydrogen-bond acceptors (Lipinski definition) is 2. The van der Waals surface area contributed by atoms with Crippen molar-refractivity contribution < 1.29 is 4.79 Å². The molecule has 202 valence electrons. The van der Waals surface area contributed by atoms with Gasteiger partial charge in [0.05, 0.1) is 0 Å². The zero-order valence-corrected chi connectivity index (χ0v) is 26.4. The average Bonchev–Trinajstić information content (AvgIpc) is 3.17. The molecule has 4 heteroatoms. The molecule has 1 aliphatic heterocycles. The van der Waals surface area contributed by atoms with Gasteiger partial charge in [-0.25, -0.2) is 0 Å². The first-order valence-electron chi connectivity index (χ1n) is 14.6. The molecule has 0 unspecified atom stereocenters. The van der Waals surface area contributed by atoms with E-state index in [1.807, 2.05) is 4.93 Å². The van der Waals surface area contributed by atoms with Gasteiger partial charge in [0.2, 0.25) is 5.91 Å². The van der Waals surface area contributed by atoms with Gasteiger partial charge in [-0.1, -0.05) is 82.5 Å². The van der Waals surface area contributed by atoms with E-state index >= 15 is 0 Å². The Bertz CT molecular complexity index is 748. The summed E-state index contributed by atoms with van der Waals surface area (Å²) >= 11 is 2.15. The highest BCUT2D eigenvalue weighted by atomic mass is 127. The highest BCUT2D eigenvalue weighted by molar-refractivity contribution is 14.1. The Morgan fingerprint density at radius 1 is 1.06 bits per heavy atom. The van der Waals surface area contributed by atoms with Crippen LogP contribution in [0, 0.1) is 46.3 Å². The molecule has 3 nitrogen and oxygen atoms in total. The number of allylic oxidation sites excluding steroid dienone is 2. The maximum Gasteiger partial charge on any atom is 0.226 e. The Hall–Kier alpha value is -0.100. The maximum absolute atomic E-state index is 12.9. The number of likely N-dealkylation sites (tertiary alicyclic amines) is 1. The van der Waals surface area contributed by atoms with E-state index in [2.05, 4.69) is 87.2 Å². The van der Waals surface area contributed by atoms with Gasteiger partial charge in [0, 0.05) is 30.6 Å². The van der Waals surface area contributed by atoms with Gasteiger partial charge in [0.25, 0.3) is 0 Å². The number of piperidine rings is 1. The summed E-state index contributed by atoms with van der Waals surface area (Å²) in [6.45, 7) is 14.3. The first-order valence-corrected chi connectivity index (χ1v) is 16.8. The third-order valence-electron chi connectivity index (χ3n) is 10.8. The molecule has 4 aliphatic rings. The predicted molar refractivity (Wildman–Crippen MR) is 159 cm³/mol. The fraction of sp³-hybridized carbons (Fsp3) is 0.903. The second kappa shape index (κ2) is 12.2. The highest BCUT2D eigenvalue weighted by Gasteiger charge is 2.60. The van der Waals surface area contributed by atoms with E-state index in [0.29, 0.717) is 11.3 Å². The van der Waals surface area contributed by atoms with Crippen molar-refractivity contribution in [3.63, 3.8) is 0 Å². The van der Waals surface area contributed by atoms with Crippen LogP contribution in [0.3, 0.4) is 0 Å². The van der Waals surface area contributed by atoms with E-state index in [1.54, 1.807) is 0 Å². The number of carbonyl (C=O) groups excluding carboxylic acids is 1. The van der Waals surface area contributed by atoms with Crippen LogP contribution < -0.4 is 0 Å². The minimum Gasteiger partial charge on any atom is -0.315 e. The number of fused-ring (bicyclic) bond motifs is 5. The van der Waals surface area contributed by atoms with Crippen LogP contribution in [0.2, 0.25) is 0 Å². The van der Waals surface area contributed by atoms with Crippen molar-refractivity contribution in [2.24, 2.45) is 46.3 Å². The molecular weight excluding hydrogens is 543 g/mol. The number of halogens is 1. The van der Waals surface area contributed by atoms with Crippen LogP contribution in [0.25, 0.3) is 0 Å². The standard InChI is InChI=1S/C30H52N2O.CH3I/c1-21(2)9-8-10-22(3)24-12-13-25-23-11-14-27-30(5,26(23)15-17-29(24,25)4)18-16-28(33)32(27)20-19-31(6)7;1-2/h14,21-26H,8-13,15-20H2,1-7H3;1H3/t22-,23+,24-,25+,26+,29-,30-;/m1./s1. The molecule has 0 spiro atoms. The number of rotatable bonds is 8. The lowest BCUT2D eigenvalue weighted by molar-refractivity contribution is -0.137. The molecular formula is C31H55IN2O. The fourth-order valence-electron chi connectivity index (χ4n) is 9.02. The fourth-order valence-corrected chi connectivity index (χ4v) is 9.02. The molecule has 0 radical (unpaired) electrons. The quantitative estimate of drug-likeness (QED) is 0.209. The summed E-state index contributed by atoms with van der Waals surface area (Å²) in [4.78, 5) is 19.3. The van der Waals surface area contributed by atoms with Crippen molar-refractivity contribution in [1.82, 2.24) is 9.80 Å². The number of amides is 1. The Labute approximate surface area is 231 Å². The SMILES string of the molecule is CC(C)CCC[C@@H](C)[C@H]1CC[C@H]2[C@@H]3CC=C4N(CCN(C)C)C(=O)CC[C@]4(C)[C@H]3CC[C@]12C.CI. The molecule has 0 N–H and O–H groups in total. The Kier molecular flexibility index (Phi) is 10.2. The maximum atomic E-state index is 12.9. The van der Waals surface area contributed by atoms with Crippen LogP contribution in [0.15, 0.2) is 11.8 Å². The van der Waals surface area contributed by atoms with Crippen molar-refractivity contribution in [2.45, 2.75) is 98.8 Å². The molecule has 1 amide bonds. The lowest BCUT2D eigenvalue weighted by Gasteiger charge is -2.59. The van der Waals surface area contributed by atoms with Crippen molar-refractivity contribution >= 4 is 28.5 Å². The van der Waals surface area contributed by atoms with Crippen LogP contribution in [0.4, 0.5) is 0 Å². The molecule has 2 saturated carbocycles. The molecule has 0 aromatic carbocycles. The Morgan fingerprint density at radius 2 is 1.77 bits per heavy atom.